The van der Waals surface area contributed by atoms with E-state index >= 15 is 0 Å². The van der Waals surface area contributed by atoms with Crippen LogP contribution in [0.15, 0.2) is 23.3 Å². The molecule has 0 amide bonds. The lowest BCUT2D eigenvalue weighted by molar-refractivity contribution is 1.21. The smallest absolute Gasteiger partial charge is 0.00266 e. The summed E-state index contributed by atoms with van der Waals surface area (Å²) < 4.78 is 0. The lowest BCUT2D eigenvalue weighted by Crippen LogP contribution is -1.52. The van der Waals surface area contributed by atoms with Crippen molar-refractivity contribution in [2.75, 3.05) is 0 Å². The van der Waals surface area contributed by atoms with Crippen LogP contribution in [0.3, 0.4) is 0 Å². The molecular formula is C9H14. The van der Waals surface area contributed by atoms with Gasteiger partial charge in [-0.2, -0.15) is 0 Å². The van der Waals surface area contributed by atoms with Crippen LogP contribution in [-0.4, -0.2) is 0 Å². The van der Waals surface area contributed by atoms with Crippen molar-refractivity contribution in [3.8, 4) is 0 Å². The molecule has 1 saturated carbocycles. The average molecular weight is 122 g/mol. The fourth-order valence-corrected chi connectivity index (χ4v) is 1.06. The van der Waals surface area contributed by atoms with Gasteiger partial charge in [0.05, 0.1) is 0 Å². The average Bonchev–Trinajstić information content (AvgIpc) is 2.50. The van der Waals surface area contributed by atoms with Crippen molar-refractivity contribution in [1.29, 1.82) is 0 Å². The summed E-state index contributed by atoms with van der Waals surface area (Å²) in [6, 6.07) is 0. The van der Waals surface area contributed by atoms with Crippen LogP contribution in [0.2, 0.25) is 0 Å². The van der Waals surface area contributed by atoms with Crippen molar-refractivity contribution in [3.05, 3.63) is 23.3 Å². The SMILES string of the molecule is CCC=C1CC1=CCC. The molecule has 0 aromatic rings. The van der Waals surface area contributed by atoms with E-state index in [1.54, 1.807) is 11.1 Å². The topological polar surface area (TPSA) is 0 Å². The minimum absolute atomic E-state index is 1.19. The number of hydrogen-bond acceptors (Lipinski definition) is 0. The van der Waals surface area contributed by atoms with Crippen molar-refractivity contribution in [1.82, 2.24) is 0 Å². The molecule has 0 unspecified atom stereocenters. The van der Waals surface area contributed by atoms with Gasteiger partial charge in [-0.05, 0) is 30.4 Å². The molecule has 50 valence electrons. The van der Waals surface area contributed by atoms with Crippen LogP contribution in [0.25, 0.3) is 0 Å². The zero-order valence-electron chi connectivity index (χ0n) is 6.28. The molecular weight excluding hydrogens is 108 g/mol. The molecule has 0 aliphatic heterocycles. The molecule has 1 rings (SSSR count). The molecule has 0 aromatic carbocycles. The highest BCUT2D eigenvalue weighted by Crippen LogP contribution is 2.36. The fraction of sp³-hybridized carbons (Fsp3) is 0.556. The molecule has 0 heterocycles. The maximum Gasteiger partial charge on any atom is -0.00266 e. The predicted octanol–water partition coefficient (Wildman–Crippen LogP) is 3.06. The summed E-state index contributed by atoms with van der Waals surface area (Å²) in [5, 5.41) is 0. The van der Waals surface area contributed by atoms with E-state index in [9.17, 15) is 0 Å². The van der Waals surface area contributed by atoms with Crippen molar-refractivity contribution >= 4 is 0 Å². The standard InChI is InChI=1S/C9H14/c1-3-5-8-7-9(8)6-4-2/h5-6H,3-4,7H2,1-2H3. The van der Waals surface area contributed by atoms with Gasteiger partial charge in [-0.3, -0.25) is 0 Å². The highest BCUT2D eigenvalue weighted by atomic mass is 14.2. The Balaban J connectivity index is 2.40. The minimum Gasteiger partial charge on any atom is -0.0810 e. The van der Waals surface area contributed by atoms with Crippen LogP contribution in [0.1, 0.15) is 33.1 Å². The van der Waals surface area contributed by atoms with Crippen LogP contribution in [0.5, 0.6) is 0 Å². The Morgan fingerprint density at radius 1 is 1.11 bits per heavy atom. The van der Waals surface area contributed by atoms with Gasteiger partial charge in [0.1, 0.15) is 0 Å². The van der Waals surface area contributed by atoms with Gasteiger partial charge in [-0.25, -0.2) is 0 Å². The number of rotatable bonds is 2. The van der Waals surface area contributed by atoms with E-state index in [0.717, 1.165) is 0 Å². The van der Waals surface area contributed by atoms with Gasteiger partial charge in [-0.1, -0.05) is 26.0 Å². The Hall–Kier alpha value is -0.520. The Morgan fingerprint density at radius 2 is 1.56 bits per heavy atom. The third-order valence-electron chi connectivity index (χ3n) is 1.57. The molecule has 9 heavy (non-hydrogen) atoms. The largest absolute Gasteiger partial charge is 0.0810 e. The molecule has 0 nitrogen and oxygen atoms in total. The summed E-state index contributed by atoms with van der Waals surface area (Å²) in [5.41, 5.74) is 3.17. The lowest BCUT2D eigenvalue weighted by Gasteiger charge is -1.73. The van der Waals surface area contributed by atoms with Gasteiger partial charge >= 0.3 is 0 Å². The van der Waals surface area contributed by atoms with E-state index in [1.165, 1.54) is 19.3 Å². The van der Waals surface area contributed by atoms with Gasteiger partial charge < -0.3 is 0 Å². The number of hydrogen-bond donors (Lipinski definition) is 0. The first kappa shape index (κ1) is 6.60. The molecule has 0 bridgehead atoms. The summed E-state index contributed by atoms with van der Waals surface area (Å²) in [7, 11) is 0. The summed E-state index contributed by atoms with van der Waals surface area (Å²) >= 11 is 0. The second-order valence-electron chi connectivity index (χ2n) is 2.45. The van der Waals surface area contributed by atoms with Gasteiger partial charge in [0.15, 0.2) is 0 Å². The lowest BCUT2D eigenvalue weighted by atomic mass is 10.3. The van der Waals surface area contributed by atoms with Gasteiger partial charge in [-0.15, -0.1) is 0 Å². The summed E-state index contributed by atoms with van der Waals surface area (Å²) in [5.74, 6) is 0. The third kappa shape index (κ3) is 1.70. The van der Waals surface area contributed by atoms with E-state index < -0.39 is 0 Å². The van der Waals surface area contributed by atoms with E-state index in [0.29, 0.717) is 0 Å². The van der Waals surface area contributed by atoms with Crippen LogP contribution in [-0.2, 0) is 0 Å². The van der Waals surface area contributed by atoms with E-state index in [1.807, 2.05) is 0 Å². The number of allylic oxidation sites excluding steroid dienone is 4. The molecule has 1 fully saturated rings. The molecule has 0 N–H and O–H groups in total. The summed E-state index contributed by atoms with van der Waals surface area (Å²) in [6.45, 7) is 4.38. The van der Waals surface area contributed by atoms with Crippen LogP contribution in [0.4, 0.5) is 0 Å². The van der Waals surface area contributed by atoms with Crippen molar-refractivity contribution in [2.24, 2.45) is 0 Å². The first-order valence-electron chi connectivity index (χ1n) is 3.77. The summed E-state index contributed by atoms with van der Waals surface area (Å²) in [6.07, 6.45) is 8.29. The van der Waals surface area contributed by atoms with Crippen LogP contribution in [0, 0.1) is 0 Å². The minimum atomic E-state index is 1.19. The zero-order valence-corrected chi connectivity index (χ0v) is 6.28. The predicted molar refractivity (Wildman–Crippen MR) is 41.4 cm³/mol. The van der Waals surface area contributed by atoms with E-state index in [2.05, 4.69) is 26.0 Å². The fourth-order valence-electron chi connectivity index (χ4n) is 1.06. The van der Waals surface area contributed by atoms with Crippen molar-refractivity contribution in [3.63, 3.8) is 0 Å². The molecule has 1 aliphatic rings. The van der Waals surface area contributed by atoms with Gasteiger partial charge in [0, 0.05) is 0 Å². The highest BCUT2D eigenvalue weighted by molar-refractivity contribution is 5.50. The molecule has 0 heteroatoms. The van der Waals surface area contributed by atoms with Gasteiger partial charge in [0.25, 0.3) is 0 Å². The molecule has 0 radical (unpaired) electrons. The quantitative estimate of drug-likeness (QED) is 0.528. The Kier molecular flexibility index (Phi) is 2.10. The van der Waals surface area contributed by atoms with Crippen molar-refractivity contribution < 1.29 is 0 Å². The maximum absolute atomic E-state index is 2.32. The monoisotopic (exact) mass is 122 g/mol. The van der Waals surface area contributed by atoms with Crippen LogP contribution < -0.4 is 0 Å². The maximum atomic E-state index is 2.32. The zero-order chi connectivity index (χ0) is 6.69. The first-order chi connectivity index (χ1) is 4.38. The molecule has 0 spiro atoms. The molecule has 0 saturated heterocycles. The van der Waals surface area contributed by atoms with E-state index in [4.69, 9.17) is 0 Å². The Morgan fingerprint density at radius 3 is 1.89 bits per heavy atom. The second-order valence-corrected chi connectivity index (χ2v) is 2.45. The van der Waals surface area contributed by atoms with Gasteiger partial charge in [0.2, 0.25) is 0 Å². The molecule has 0 atom stereocenters. The first-order valence-corrected chi connectivity index (χ1v) is 3.77. The van der Waals surface area contributed by atoms with Crippen LogP contribution >= 0.6 is 0 Å². The highest BCUT2D eigenvalue weighted by Gasteiger charge is 2.17. The molecule has 0 aromatic heterocycles. The normalized spacial score (nSPS) is 25.6. The molecule has 1 aliphatic carbocycles. The van der Waals surface area contributed by atoms with Crippen molar-refractivity contribution in [2.45, 2.75) is 33.1 Å². The Bertz CT molecular complexity index is 131. The Labute approximate surface area is 57.3 Å². The second kappa shape index (κ2) is 2.86. The van der Waals surface area contributed by atoms with E-state index in [-0.39, 0.29) is 0 Å². The summed E-state index contributed by atoms with van der Waals surface area (Å²) in [4.78, 5) is 0. The third-order valence-corrected chi connectivity index (χ3v) is 1.57.